The molecule has 0 aliphatic rings. The maximum atomic E-state index is 10.8. The third kappa shape index (κ3) is 6.17. The van der Waals surface area contributed by atoms with Gasteiger partial charge in [-0.05, 0) is 13.3 Å². The predicted molar refractivity (Wildman–Crippen MR) is 45.8 cm³/mol. The van der Waals surface area contributed by atoms with Gasteiger partial charge >= 0.3 is 5.97 Å². The zero-order valence-corrected chi connectivity index (χ0v) is 7.86. The molecule has 0 aliphatic carbocycles. The van der Waals surface area contributed by atoms with Crippen molar-refractivity contribution in [1.29, 1.82) is 0 Å². The maximum absolute atomic E-state index is 10.8. The second-order valence-electron chi connectivity index (χ2n) is 2.40. The van der Waals surface area contributed by atoms with Gasteiger partial charge in [-0.2, -0.15) is 0 Å². The molecule has 1 atom stereocenters. The number of carbonyl (C=O) groups is 1. The van der Waals surface area contributed by atoms with Crippen LogP contribution in [0.15, 0.2) is 0 Å². The van der Waals surface area contributed by atoms with Gasteiger partial charge in [-0.1, -0.05) is 13.3 Å². The molecule has 0 bridgehead atoms. The number of halogens is 1. The number of alkyl halides is 1. The van der Waals surface area contributed by atoms with E-state index in [-0.39, 0.29) is 11.3 Å². The van der Waals surface area contributed by atoms with Crippen LogP contribution in [-0.2, 0) is 9.53 Å². The average molecular weight is 179 g/mol. The maximum Gasteiger partial charge on any atom is 0.307 e. The van der Waals surface area contributed by atoms with Crippen molar-refractivity contribution in [2.24, 2.45) is 0 Å². The summed E-state index contributed by atoms with van der Waals surface area (Å²) in [7, 11) is 0. The van der Waals surface area contributed by atoms with E-state index < -0.39 is 0 Å². The lowest BCUT2D eigenvalue weighted by molar-refractivity contribution is -0.143. The topological polar surface area (TPSA) is 26.3 Å². The highest BCUT2D eigenvalue weighted by molar-refractivity contribution is 6.21. The van der Waals surface area contributed by atoms with Crippen molar-refractivity contribution in [3.05, 3.63) is 0 Å². The van der Waals surface area contributed by atoms with E-state index in [1.54, 1.807) is 6.92 Å². The normalized spacial score (nSPS) is 12.6. The minimum atomic E-state index is -0.194. The summed E-state index contributed by atoms with van der Waals surface area (Å²) in [5.41, 5.74) is 0. The van der Waals surface area contributed by atoms with E-state index in [1.807, 2.05) is 6.92 Å². The summed E-state index contributed by atoms with van der Waals surface area (Å²) in [5.74, 6) is -0.194. The Bertz CT molecular complexity index is 115. The lowest BCUT2D eigenvalue weighted by Gasteiger charge is -2.06. The van der Waals surface area contributed by atoms with E-state index in [9.17, 15) is 4.79 Å². The van der Waals surface area contributed by atoms with E-state index in [0.717, 1.165) is 12.8 Å². The van der Waals surface area contributed by atoms with Crippen LogP contribution in [0.25, 0.3) is 0 Å². The number of carbonyl (C=O) groups excluding carboxylic acids is 1. The van der Waals surface area contributed by atoms with Gasteiger partial charge < -0.3 is 4.74 Å². The summed E-state index contributed by atoms with van der Waals surface area (Å²) in [6, 6.07) is 0. The van der Waals surface area contributed by atoms with Crippen molar-refractivity contribution in [2.75, 3.05) is 6.61 Å². The summed E-state index contributed by atoms with van der Waals surface area (Å²) in [5, 5.41) is -0.0564. The average Bonchev–Trinajstić information content (AvgIpc) is 1.87. The molecule has 0 aliphatic heterocycles. The van der Waals surface area contributed by atoms with Crippen molar-refractivity contribution < 1.29 is 9.53 Å². The van der Waals surface area contributed by atoms with Gasteiger partial charge in [0.1, 0.15) is 0 Å². The highest BCUT2D eigenvalue weighted by Crippen LogP contribution is 2.09. The van der Waals surface area contributed by atoms with Crippen LogP contribution in [0, 0.1) is 0 Å². The molecule has 0 spiro atoms. The smallest absolute Gasteiger partial charge is 0.307 e. The molecule has 0 saturated carbocycles. The van der Waals surface area contributed by atoms with Crippen LogP contribution in [0.4, 0.5) is 0 Å². The monoisotopic (exact) mass is 178 g/mol. The lowest BCUT2D eigenvalue weighted by Crippen LogP contribution is -2.10. The van der Waals surface area contributed by atoms with E-state index >= 15 is 0 Å². The number of hydrogen-bond donors (Lipinski definition) is 0. The van der Waals surface area contributed by atoms with Crippen LogP contribution in [0.5, 0.6) is 0 Å². The fourth-order valence-corrected chi connectivity index (χ4v) is 1.16. The van der Waals surface area contributed by atoms with Crippen LogP contribution in [0.3, 0.4) is 0 Å². The Morgan fingerprint density at radius 3 is 2.64 bits per heavy atom. The summed E-state index contributed by atoms with van der Waals surface area (Å²) in [6.45, 7) is 4.27. The minimum absolute atomic E-state index is 0.0564. The Morgan fingerprint density at radius 2 is 2.18 bits per heavy atom. The zero-order chi connectivity index (χ0) is 8.69. The molecule has 11 heavy (non-hydrogen) atoms. The highest BCUT2D eigenvalue weighted by Gasteiger charge is 2.09. The first-order valence-electron chi connectivity index (χ1n) is 4.00. The number of esters is 1. The Labute approximate surface area is 72.9 Å². The van der Waals surface area contributed by atoms with Crippen LogP contribution in [-0.4, -0.2) is 18.0 Å². The molecule has 0 amide bonds. The molecule has 0 heterocycles. The van der Waals surface area contributed by atoms with E-state index in [0.29, 0.717) is 13.0 Å². The summed E-state index contributed by atoms with van der Waals surface area (Å²) in [4.78, 5) is 10.8. The van der Waals surface area contributed by atoms with Crippen molar-refractivity contribution in [1.82, 2.24) is 0 Å². The quantitative estimate of drug-likeness (QED) is 0.477. The van der Waals surface area contributed by atoms with Gasteiger partial charge in [-0.15, -0.1) is 11.6 Å². The molecule has 0 radical (unpaired) electrons. The first-order chi connectivity index (χ1) is 5.20. The molecule has 1 unspecified atom stereocenters. The molecule has 0 fully saturated rings. The third-order valence-electron chi connectivity index (χ3n) is 1.30. The first kappa shape index (κ1) is 10.8. The number of rotatable bonds is 5. The third-order valence-corrected chi connectivity index (χ3v) is 1.67. The van der Waals surface area contributed by atoms with Gasteiger partial charge in [-0.25, -0.2) is 0 Å². The van der Waals surface area contributed by atoms with Crippen LogP contribution >= 0.6 is 11.6 Å². The molecule has 0 N–H and O–H groups in total. The molecule has 2 nitrogen and oxygen atoms in total. The van der Waals surface area contributed by atoms with Crippen molar-refractivity contribution in [2.45, 2.75) is 38.5 Å². The molecular weight excluding hydrogens is 164 g/mol. The van der Waals surface area contributed by atoms with Crippen molar-refractivity contribution in [3.8, 4) is 0 Å². The van der Waals surface area contributed by atoms with Gasteiger partial charge in [0.15, 0.2) is 0 Å². The van der Waals surface area contributed by atoms with Gasteiger partial charge in [0, 0.05) is 5.38 Å². The van der Waals surface area contributed by atoms with Crippen molar-refractivity contribution in [3.63, 3.8) is 0 Å². The molecule has 66 valence electrons. The second kappa shape index (κ2) is 6.47. The zero-order valence-electron chi connectivity index (χ0n) is 7.10. The second-order valence-corrected chi connectivity index (χ2v) is 3.01. The van der Waals surface area contributed by atoms with E-state index in [2.05, 4.69) is 0 Å². The fraction of sp³-hybridized carbons (Fsp3) is 0.875. The van der Waals surface area contributed by atoms with Gasteiger partial charge in [0.05, 0.1) is 13.0 Å². The molecule has 0 aromatic heterocycles. The molecule has 0 aromatic rings. The van der Waals surface area contributed by atoms with Crippen LogP contribution in [0.1, 0.15) is 33.1 Å². The first-order valence-corrected chi connectivity index (χ1v) is 4.44. The standard InChI is InChI=1S/C8H15ClO2/c1-3-5-7(9)6-8(10)11-4-2/h7H,3-6H2,1-2H3. The van der Waals surface area contributed by atoms with Gasteiger partial charge in [-0.3, -0.25) is 4.79 Å². The number of ether oxygens (including phenoxy) is 1. The molecule has 3 heteroatoms. The van der Waals surface area contributed by atoms with E-state index in [1.165, 1.54) is 0 Å². The fourth-order valence-electron chi connectivity index (χ4n) is 0.816. The van der Waals surface area contributed by atoms with E-state index in [4.69, 9.17) is 16.3 Å². The minimum Gasteiger partial charge on any atom is -0.466 e. The van der Waals surface area contributed by atoms with Crippen LogP contribution in [0.2, 0.25) is 0 Å². The van der Waals surface area contributed by atoms with Crippen molar-refractivity contribution >= 4 is 17.6 Å². The molecule has 0 rings (SSSR count). The summed E-state index contributed by atoms with van der Waals surface area (Å²) >= 11 is 5.81. The predicted octanol–water partition coefficient (Wildman–Crippen LogP) is 2.35. The lowest BCUT2D eigenvalue weighted by atomic mass is 10.2. The molecular formula is C8H15ClO2. The molecule has 0 saturated heterocycles. The highest BCUT2D eigenvalue weighted by atomic mass is 35.5. The largest absolute Gasteiger partial charge is 0.466 e. The van der Waals surface area contributed by atoms with Gasteiger partial charge in [0.2, 0.25) is 0 Å². The summed E-state index contributed by atoms with van der Waals surface area (Å²) < 4.78 is 4.74. The Balaban J connectivity index is 3.40. The SMILES string of the molecule is CCCC(Cl)CC(=O)OCC. The Hall–Kier alpha value is -0.240. The van der Waals surface area contributed by atoms with Gasteiger partial charge in [0.25, 0.3) is 0 Å². The number of hydrogen-bond acceptors (Lipinski definition) is 2. The Kier molecular flexibility index (Phi) is 6.33. The Morgan fingerprint density at radius 1 is 1.55 bits per heavy atom. The molecule has 0 aromatic carbocycles. The summed E-state index contributed by atoms with van der Waals surface area (Å²) in [6.07, 6.45) is 2.22. The van der Waals surface area contributed by atoms with Crippen LogP contribution < -0.4 is 0 Å².